The first kappa shape index (κ1) is 6.91. The third-order valence-corrected chi connectivity index (χ3v) is 1.65. The van der Waals surface area contributed by atoms with Crippen LogP contribution in [0.1, 0.15) is 5.56 Å². The van der Waals surface area contributed by atoms with Gasteiger partial charge in [0, 0.05) is 0 Å². The molecular weight excluding hydrogens is 152 g/mol. The van der Waals surface area contributed by atoms with Gasteiger partial charge in [0.15, 0.2) is 0 Å². The van der Waals surface area contributed by atoms with E-state index in [0.717, 1.165) is 5.56 Å². The van der Waals surface area contributed by atoms with Gasteiger partial charge in [-0.05, 0) is 5.56 Å². The van der Waals surface area contributed by atoms with Crippen molar-refractivity contribution in [3.05, 3.63) is 42.1 Å². The van der Waals surface area contributed by atoms with Crippen molar-refractivity contribution >= 4 is 11.5 Å². The van der Waals surface area contributed by atoms with Crippen LogP contribution in [0.3, 0.4) is 0 Å². The first-order chi connectivity index (χ1) is 5.88. The van der Waals surface area contributed by atoms with E-state index < -0.39 is 0 Å². The van der Waals surface area contributed by atoms with Gasteiger partial charge in [-0.2, -0.15) is 5.11 Å². The molecule has 58 valence electrons. The van der Waals surface area contributed by atoms with Crippen molar-refractivity contribution in [2.45, 2.75) is 0 Å². The summed E-state index contributed by atoms with van der Waals surface area (Å²) in [6.07, 6.45) is 1.48. The Balaban J connectivity index is 2.40. The molecule has 0 spiro atoms. The van der Waals surface area contributed by atoms with Gasteiger partial charge >= 0.3 is 0 Å². The summed E-state index contributed by atoms with van der Waals surface area (Å²) in [5.41, 5.74) is 1.43. The van der Waals surface area contributed by atoms with Crippen LogP contribution in [0.25, 0.3) is 5.57 Å². The maximum Gasteiger partial charge on any atom is 0.297 e. The quantitative estimate of drug-likeness (QED) is 0.616. The summed E-state index contributed by atoms with van der Waals surface area (Å²) in [4.78, 5) is 11.0. The smallest absolute Gasteiger partial charge is 0.265 e. The average Bonchev–Trinajstić information content (AvgIpc) is 2.53. The molecule has 3 nitrogen and oxygen atoms in total. The lowest BCUT2D eigenvalue weighted by molar-refractivity contribution is -0.112. The second kappa shape index (κ2) is 2.70. The molecule has 0 aromatic heterocycles. The van der Waals surface area contributed by atoms with Crippen molar-refractivity contribution < 1.29 is 4.79 Å². The van der Waals surface area contributed by atoms with E-state index in [1.54, 1.807) is 0 Å². The molecule has 0 radical (unpaired) electrons. The molecule has 1 aliphatic heterocycles. The van der Waals surface area contributed by atoms with Crippen molar-refractivity contribution in [1.29, 1.82) is 0 Å². The van der Waals surface area contributed by atoms with Gasteiger partial charge in [-0.1, -0.05) is 30.3 Å². The molecule has 1 amide bonds. The molecule has 3 heteroatoms. The number of hydrogen-bond acceptors (Lipinski definition) is 2. The fourth-order valence-corrected chi connectivity index (χ4v) is 1.06. The first-order valence-electron chi connectivity index (χ1n) is 3.59. The zero-order valence-corrected chi connectivity index (χ0v) is 6.27. The third-order valence-electron chi connectivity index (χ3n) is 1.65. The van der Waals surface area contributed by atoms with Crippen LogP contribution < -0.4 is 0 Å². The lowest BCUT2D eigenvalue weighted by Crippen LogP contribution is -1.92. The second-order valence-corrected chi connectivity index (χ2v) is 2.43. The Morgan fingerprint density at radius 3 is 2.42 bits per heavy atom. The van der Waals surface area contributed by atoms with Gasteiger partial charge < -0.3 is 0 Å². The minimum atomic E-state index is -0.263. The molecule has 0 aliphatic carbocycles. The van der Waals surface area contributed by atoms with Gasteiger partial charge in [0.25, 0.3) is 5.91 Å². The molecular formula is C9H6N2O. The average molecular weight is 158 g/mol. The topological polar surface area (TPSA) is 41.8 Å². The van der Waals surface area contributed by atoms with Crippen molar-refractivity contribution in [3.8, 4) is 0 Å². The van der Waals surface area contributed by atoms with E-state index in [0.29, 0.717) is 5.57 Å². The van der Waals surface area contributed by atoms with Crippen LogP contribution in [0.5, 0.6) is 0 Å². The predicted molar refractivity (Wildman–Crippen MR) is 44.3 cm³/mol. The van der Waals surface area contributed by atoms with Crippen molar-refractivity contribution in [2.24, 2.45) is 10.2 Å². The van der Waals surface area contributed by atoms with Crippen LogP contribution in [0.15, 0.2) is 46.8 Å². The number of benzene rings is 1. The lowest BCUT2D eigenvalue weighted by Gasteiger charge is -1.95. The van der Waals surface area contributed by atoms with Gasteiger partial charge in [-0.25, -0.2) is 0 Å². The van der Waals surface area contributed by atoms with Crippen molar-refractivity contribution in [3.63, 3.8) is 0 Å². The Morgan fingerprint density at radius 2 is 1.83 bits per heavy atom. The minimum absolute atomic E-state index is 0.263. The van der Waals surface area contributed by atoms with E-state index in [1.807, 2.05) is 30.3 Å². The van der Waals surface area contributed by atoms with Crippen LogP contribution in [0, 0.1) is 0 Å². The molecule has 1 heterocycles. The first-order valence-corrected chi connectivity index (χ1v) is 3.59. The molecule has 0 N–H and O–H groups in total. The largest absolute Gasteiger partial charge is 0.297 e. The minimum Gasteiger partial charge on any atom is -0.265 e. The Morgan fingerprint density at radius 1 is 1.08 bits per heavy atom. The summed E-state index contributed by atoms with van der Waals surface area (Å²) in [6, 6.07) is 9.38. The molecule has 1 aromatic carbocycles. The highest BCUT2D eigenvalue weighted by Crippen LogP contribution is 2.19. The molecule has 1 aromatic rings. The number of hydrogen-bond donors (Lipinski definition) is 0. The Kier molecular flexibility index (Phi) is 1.55. The number of carbonyl (C=O) groups excluding carboxylic acids is 1. The van der Waals surface area contributed by atoms with E-state index in [-0.39, 0.29) is 5.91 Å². The Hall–Kier alpha value is -1.77. The summed E-state index contributed by atoms with van der Waals surface area (Å²) in [5, 5.41) is 6.92. The summed E-state index contributed by atoms with van der Waals surface area (Å²) in [7, 11) is 0. The van der Waals surface area contributed by atoms with Crippen LogP contribution in [-0.2, 0) is 4.79 Å². The van der Waals surface area contributed by atoms with E-state index in [2.05, 4.69) is 10.2 Å². The highest BCUT2D eigenvalue weighted by molar-refractivity contribution is 6.20. The molecule has 0 unspecified atom stereocenters. The van der Waals surface area contributed by atoms with Gasteiger partial charge in [0.05, 0.1) is 11.8 Å². The van der Waals surface area contributed by atoms with Gasteiger partial charge in [0.1, 0.15) is 0 Å². The Labute approximate surface area is 69.4 Å². The lowest BCUT2D eigenvalue weighted by atomic mass is 10.1. The molecule has 0 bridgehead atoms. The number of rotatable bonds is 1. The number of amides is 1. The third kappa shape index (κ3) is 1.05. The standard InChI is InChI=1S/C9H6N2O/c12-9-8(6-10-11-9)7-4-2-1-3-5-7/h1-6H. The van der Waals surface area contributed by atoms with Crippen LogP contribution in [-0.4, -0.2) is 5.91 Å². The zero-order chi connectivity index (χ0) is 8.39. The summed E-state index contributed by atoms with van der Waals surface area (Å²) in [6.45, 7) is 0. The molecule has 0 fully saturated rings. The van der Waals surface area contributed by atoms with Gasteiger partial charge in [0.2, 0.25) is 0 Å². The second-order valence-electron chi connectivity index (χ2n) is 2.43. The van der Waals surface area contributed by atoms with Crippen molar-refractivity contribution in [2.75, 3.05) is 0 Å². The summed E-state index contributed by atoms with van der Waals surface area (Å²) >= 11 is 0. The van der Waals surface area contributed by atoms with Gasteiger partial charge in [-0.15, -0.1) is 5.11 Å². The van der Waals surface area contributed by atoms with Gasteiger partial charge in [-0.3, -0.25) is 4.79 Å². The molecule has 12 heavy (non-hydrogen) atoms. The molecule has 1 aliphatic rings. The number of carbonyl (C=O) groups is 1. The van der Waals surface area contributed by atoms with E-state index in [9.17, 15) is 4.79 Å². The summed E-state index contributed by atoms with van der Waals surface area (Å²) in [5.74, 6) is -0.263. The highest BCUT2D eigenvalue weighted by Gasteiger charge is 2.14. The molecule has 0 saturated heterocycles. The normalized spacial score (nSPS) is 15.0. The van der Waals surface area contributed by atoms with E-state index in [1.165, 1.54) is 6.20 Å². The number of azo groups is 1. The zero-order valence-electron chi connectivity index (χ0n) is 6.27. The number of nitrogens with zero attached hydrogens (tertiary/aromatic N) is 2. The fourth-order valence-electron chi connectivity index (χ4n) is 1.06. The monoisotopic (exact) mass is 158 g/mol. The fraction of sp³-hybridized carbons (Fsp3) is 0. The molecule has 0 saturated carbocycles. The SMILES string of the molecule is O=C1N=NC=C1c1ccccc1. The van der Waals surface area contributed by atoms with Crippen LogP contribution in [0.2, 0.25) is 0 Å². The highest BCUT2D eigenvalue weighted by atomic mass is 16.2. The maximum atomic E-state index is 11.0. The van der Waals surface area contributed by atoms with Crippen LogP contribution in [0.4, 0.5) is 0 Å². The summed E-state index contributed by atoms with van der Waals surface area (Å²) < 4.78 is 0. The van der Waals surface area contributed by atoms with Crippen LogP contribution >= 0.6 is 0 Å². The maximum absolute atomic E-state index is 11.0. The van der Waals surface area contributed by atoms with E-state index >= 15 is 0 Å². The predicted octanol–water partition coefficient (Wildman–Crippen LogP) is 2.02. The van der Waals surface area contributed by atoms with E-state index in [4.69, 9.17) is 0 Å². The Bertz CT molecular complexity index is 365. The molecule has 2 rings (SSSR count). The van der Waals surface area contributed by atoms with Crippen molar-refractivity contribution in [1.82, 2.24) is 0 Å². The molecule has 0 atom stereocenters.